The lowest BCUT2D eigenvalue weighted by Gasteiger charge is -2.19. The summed E-state index contributed by atoms with van der Waals surface area (Å²) < 4.78 is 16.1. The Hall–Kier alpha value is -2.76. The first-order chi connectivity index (χ1) is 12.7. The highest BCUT2D eigenvalue weighted by molar-refractivity contribution is 5.94. The first-order valence-corrected chi connectivity index (χ1v) is 9.04. The molecule has 4 rings (SSSR count). The first kappa shape index (κ1) is 16.7. The summed E-state index contributed by atoms with van der Waals surface area (Å²) in [6.45, 7) is 3.28. The van der Waals surface area contributed by atoms with E-state index in [1.807, 2.05) is 12.1 Å². The van der Waals surface area contributed by atoms with E-state index in [2.05, 4.69) is 16.5 Å². The van der Waals surface area contributed by atoms with E-state index in [1.165, 1.54) is 6.07 Å². The van der Waals surface area contributed by atoms with Crippen LogP contribution in [0.4, 0.5) is 4.39 Å². The van der Waals surface area contributed by atoms with Crippen LogP contribution in [0.5, 0.6) is 0 Å². The number of carbonyl (C=O) groups excluding carboxylic acids is 1. The van der Waals surface area contributed by atoms with Crippen LogP contribution in [0.1, 0.15) is 42.0 Å². The van der Waals surface area contributed by atoms with E-state index >= 15 is 0 Å². The summed E-state index contributed by atoms with van der Waals surface area (Å²) in [5.41, 5.74) is 1.88. The summed E-state index contributed by atoms with van der Waals surface area (Å²) in [5.74, 6) is 0.286. The summed E-state index contributed by atoms with van der Waals surface area (Å²) in [7, 11) is 0. The van der Waals surface area contributed by atoms with Crippen molar-refractivity contribution in [2.75, 3.05) is 13.1 Å². The molecule has 1 unspecified atom stereocenters. The Morgan fingerprint density at radius 2 is 2.12 bits per heavy atom. The van der Waals surface area contributed by atoms with Crippen LogP contribution in [0.15, 0.2) is 42.6 Å². The Balaban J connectivity index is 1.63. The van der Waals surface area contributed by atoms with E-state index in [1.54, 1.807) is 29.3 Å². The normalized spacial score (nSPS) is 17.2. The summed E-state index contributed by atoms with van der Waals surface area (Å²) >= 11 is 0. The fourth-order valence-electron chi connectivity index (χ4n) is 3.70. The Bertz CT molecular complexity index is 952. The van der Waals surface area contributed by atoms with Gasteiger partial charge in [-0.05, 0) is 37.1 Å². The minimum absolute atomic E-state index is 0.118. The third kappa shape index (κ3) is 2.85. The highest BCUT2D eigenvalue weighted by atomic mass is 19.1. The second-order valence-corrected chi connectivity index (χ2v) is 6.67. The number of fused-ring (bicyclic) bond motifs is 1. The van der Waals surface area contributed by atoms with Gasteiger partial charge in [0, 0.05) is 25.7 Å². The van der Waals surface area contributed by atoms with Gasteiger partial charge in [0.15, 0.2) is 5.65 Å². The van der Waals surface area contributed by atoms with Crippen LogP contribution in [0.25, 0.3) is 11.2 Å². The number of aromatic nitrogens is 3. The molecule has 3 heterocycles. The molecule has 134 valence electrons. The number of halogens is 1. The van der Waals surface area contributed by atoms with E-state index in [0.29, 0.717) is 13.1 Å². The molecule has 2 aromatic heterocycles. The maximum absolute atomic E-state index is 14.0. The van der Waals surface area contributed by atoms with Gasteiger partial charge in [0.05, 0.1) is 11.6 Å². The van der Waals surface area contributed by atoms with Crippen LogP contribution >= 0.6 is 0 Å². The predicted molar refractivity (Wildman–Crippen MR) is 97.5 cm³/mol. The van der Waals surface area contributed by atoms with Gasteiger partial charge in [0.1, 0.15) is 17.2 Å². The van der Waals surface area contributed by atoms with E-state index in [0.717, 1.165) is 36.3 Å². The molecule has 1 aromatic carbocycles. The number of rotatable bonds is 4. The van der Waals surface area contributed by atoms with Gasteiger partial charge < -0.3 is 9.47 Å². The molecular formula is C20H21FN4O. The van der Waals surface area contributed by atoms with Crippen molar-refractivity contribution in [3.05, 3.63) is 59.8 Å². The number of amides is 1. The Labute approximate surface area is 151 Å². The predicted octanol–water partition coefficient (Wildman–Crippen LogP) is 3.61. The Morgan fingerprint density at radius 1 is 1.27 bits per heavy atom. The van der Waals surface area contributed by atoms with Crippen molar-refractivity contribution >= 4 is 17.1 Å². The second kappa shape index (κ2) is 6.86. The number of hydrogen-bond acceptors (Lipinski definition) is 3. The zero-order valence-electron chi connectivity index (χ0n) is 14.7. The van der Waals surface area contributed by atoms with Crippen LogP contribution in [0.3, 0.4) is 0 Å². The second-order valence-electron chi connectivity index (χ2n) is 6.67. The van der Waals surface area contributed by atoms with E-state index < -0.39 is 5.82 Å². The molecule has 6 heteroatoms. The molecule has 1 aliphatic heterocycles. The molecule has 0 N–H and O–H groups in total. The topological polar surface area (TPSA) is 51.0 Å². The summed E-state index contributed by atoms with van der Waals surface area (Å²) in [6.07, 6.45) is 4.45. The van der Waals surface area contributed by atoms with Crippen molar-refractivity contribution in [2.24, 2.45) is 0 Å². The quantitative estimate of drug-likeness (QED) is 0.721. The van der Waals surface area contributed by atoms with Gasteiger partial charge in [-0.25, -0.2) is 14.4 Å². The molecule has 1 saturated heterocycles. The fraction of sp³-hybridized carbons (Fsp3) is 0.350. The van der Waals surface area contributed by atoms with E-state index in [4.69, 9.17) is 4.98 Å². The van der Waals surface area contributed by atoms with E-state index in [-0.39, 0.29) is 17.5 Å². The van der Waals surface area contributed by atoms with Crippen molar-refractivity contribution < 1.29 is 9.18 Å². The molecular weight excluding hydrogens is 331 g/mol. The molecule has 0 saturated carbocycles. The van der Waals surface area contributed by atoms with Gasteiger partial charge >= 0.3 is 0 Å². The first-order valence-electron chi connectivity index (χ1n) is 9.04. The zero-order valence-corrected chi connectivity index (χ0v) is 14.7. The molecule has 26 heavy (non-hydrogen) atoms. The van der Waals surface area contributed by atoms with Gasteiger partial charge in [0.2, 0.25) is 0 Å². The molecule has 1 atom stereocenters. The third-order valence-electron chi connectivity index (χ3n) is 4.92. The van der Waals surface area contributed by atoms with Gasteiger partial charge in [-0.1, -0.05) is 19.1 Å². The molecule has 1 amide bonds. The number of benzene rings is 1. The lowest BCUT2D eigenvalue weighted by molar-refractivity contribution is 0.0783. The molecule has 1 fully saturated rings. The lowest BCUT2D eigenvalue weighted by Crippen LogP contribution is -2.30. The largest absolute Gasteiger partial charge is 0.336 e. The van der Waals surface area contributed by atoms with Gasteiger partial charge in [-0.15, -0.1) is 0 Å². The summed E-state index contributed by atoms with van der Waals surface area (Å²) in [5, 5.41) is 0. The van der Waals surface area contributed by atoms with Crippen molar-refractivity contribution in [3.63, 3.8) is 0 Å². The fourth-order valence-corrected chi connectivity index (χ4v) is 3.70. The molecule has 0 aliphatic carbocycles. The number of pyridine rings is 1. The minimum Gasteiger partial charge on any atom is -0.336 e. The molecule has 0 radical (unpaired) electrons. The van der Waals surface area contributed by atoms with E-state index in [9.17, 15) is 9.18 Å². The maximum atomic E-state index is 14.0. The number of nitrogens with zero attached hydrogens (tertiary/aromatic N) is 4. The van der Waals surface area contributed by atoms with Gasteiger partial charge in [-0.3, -0.25) is 4.79 Å². The zero-order chi connectivity index (χ0) is 18.1. The molecule has 1 aliphatic rings. The molecule has 0 bridgehead atoms. The van der Waals surface area contributed by atoms with Crippen molar-refractivity contribution in [1.82, 2.24) is 19.4 Å². The maximum Gasteiger partial charge on any atom is 0.256 e. The van der Waals surface area contributed by atoms with Crippen LogP contribution in [-0.2, 0) is 6.42 Å². The van der Waals surface area contributed by atoms with Crippen molar-refractivity contribution in [3.8, 4) is 0 Å². The van der Waals surface area contributed by atoms with Crippen LogP contribution in [0, 0.1) is 5.82 Å². The Kier molecular flexibility index (Phi) is 4.41. The van der Waals surface area contributed by atoms with Gasteiger partial charge in [0.25, 0.3) is 5.91 Å². The highest BCUT2D eigenvalue weighted by Crippen LogP contribution is 2.29. The lowest BCUT2D eigenvalue weighted by atomic mass is 10.2. The van der Waals surface area contributed by atoms with Crippen molar-refractivity contribution in [1.29, 1.82) is 0 Å². The van der Waals surface area contributed by atoms with Crippen molar-refractivity contribution in [2.45, 2.75) is 32.2 Å². The number of imidazole rings is 1. The number of hydrogen-bond donors (Lipinski definition) is 0. The standard InChI is InChI=1S/C20H21FN4O/c1-2-6-18-23-17-9-5-11-22-19(17)25(18)14-10-12-24(13-14)20(26)15-7-3-4-8-16(15)21/h3-5,7-9,11,14H,2,6,10,12-13H2,1H3. The minimum atomic E-state index is -0.470. The summed E-state index contributed by atoms with van der Waals surface area (Å²) in [4.78, 5) is 23.7. The van der Waals surface area contributed by atoms with Crippen LogP contribution < -0.4 is 0 Å². The smallest absolute Gasteiger partial charge is 0.256 e. The molecule has 0 spiro atoms. The van der Waals surface area contributed by atoms with Gasteiger partial charge in [-0.2, -0.15) is 0 Å². The number of carbonyl (C=O) groups is 1. The summed E-state index contributed by atoms with van der Waals surface area (Å²) in [6, 6.07) is 10.1. The Morgan fingerprint density at radius 3 is 2.92 bits per heavy atom. The molecule has 5 nitrogen and oxygen atoms in total. The van der Waals surface area contributed by atoms with Crippen LogP contribution in [0.2, 0.25) is 0 Å². The monoisotopic (exact) mass is 352 g/mol. The molecule has 3 aromatic rings. The third-order valence-corrected chi connectivity index (χ3v) is 4.92. The number of aryl methyl sites for hydroxylation is 1. The number of likely N-dealkylation sites (tertiary alicyclic amines) is 1. The average Bonchev–Trinajstić information content (AvgIpc) is 3.26. The van der Waals surface area contributed by atoms with Crippen LogP contribution in [-0.4, -0.2) is 38.4 Å². The SMILES string of the molecule is CCCc1nc2cccnc2n1C1CCN(C(=O)c2ccccc2F)C1. The average molecular weight is 352 g/mol. The highest BCUT2D eigenvalue weighted by Gasteiger charge is 2.31.